The third-order valence-corrected chi connectivity index (χ3v) is 6.35. The second-order valence-electron chi connectivity index (χ2n) is 9.32. The van der Waals surface area contributed by atoms with Gasteiger partial charge in [0.1, 0.15) is 11.6 Å². The van der Waals surface area contributed by atoms with Crippen molar-refractivity contribution in [3.05, 3.63) is 96.6 Å². The Morgan fingerprint density at radius 3 is 2.66 bits per heavy atom. The first-order valence-electron chi connectivity index (χ1n) is 13.2. The molecule has 3 aromatic heterocycles. The van der Waals surface area contributed by atoms with Crippen LogP contribution in [0.1, 0.15) is 67.3 Å². The Labute approximate surface area is 226 Å². The van der Waals surface area contributed by atoms with Crippen molar-refractivity contribution in [1.29, 1.82) is 0 Å². The lowest BCUT2D eigenvalue weighted by Gasteiger charge is -2.18. The van der Waals surface area contributed by atoms with Crippen molar-refractivity contribution < 1.29 is 5.11 Å². The third-order valence-electron chi connectivity index (χ3n) is 6.35. The topological polar surface area (TPSA) is 87.4 Å². The van der Waals surface area contributed by atoms with Gasteiger partial charge in [-0.2, -0.15) is 9.61 Å². The summed E-state index contributed by atoms with van der Waals surface area (Å²) in [4.78, 5) is 9.16. The van der Waals surface area contributed by atoms with Crippen LogP contribution in [-0.2, 0) is 6.54 Å². The van der Waals surface area contributed by atoms with Gasteiger partial charge in [0, 0.05) is 61.0 Å². The van der Waals surface area contributed by atoms with Gasteiger partial charge < -0.3 is 15.7 Å². The minimum absolute atomic E-state index is 0.256. The van der Waals surface area contributed by atoms with Crippen molar-refractivity contribution in [3.63, 3.8) is 0 Å². The molecule has 0 aliphatic heterocycles. The number of phenols is 1. The Hall–Kier alpha value is -4.13. The Bertz CT molecular complexity index is 1310. The summed E-state index contributed by atoms with van der Waals surface area (Å²) in [6, 6.07) is 11.4. The van der Waals surface area contributed by atoms with Crippen LogP contribution in [0.5, 0.6) is 5.75 Å². The van der Waals surface area contributed by atoms with E-state index in [-0.39, 0.29) is 5.75 Å². The maximum Gasteiger partial charge on any atom is 0.160 e. The van der Waals surface area contributed by atoms with Crippen LogP contribution in [0.25, 0.3) is 11.7 Å². The number of aryl methyl sites for hydroxylation is 1. The molecule has 0 spiro atoms. The number of benzene rings is 1. The molecule has 7 heteroatoms. The van der Waals surface area contributed by atoms with Gasteiger partial charge in [0.25, 0.3) is 0 Å². The first-order valence-corrected chi connectivity index (χ1v) is 13.2. The molecule has 4 rings (SSSR count). The molecule has 0 aliphatic rings. The Balaban J connectivity index is 0.000000304. The molecule has 0 amide bonds. The zero-order valence-corrected chi connectivity index (χ0v) is 22.8. The zero-order chi connectivity index (χ0) is 27.3. The number of unbranched alkanes of at least 4 members (excludes halogenated alkanes) is 1. The molecule has 0 saturated carbocycles. The largest absolute Gasteiger partial charge is 0.508 e. The maximum atomic E-state index is 9.17. The monoisotopic (exact) mass is 512 g/mol. The van der Waals surface area contributed by atoms with Crippen LogP contribution < -0.4 is 10.6 Å². The van der Waals surface area contributed by atoms with E-state index < -0.39 is 0 Å². The van der Waals surface area contributed by atoms with Gasteiger partial charge in [-0.3, -0.25) is 4.98 Å². The molecule has 1 unspecified atom stereocenters. The van der Waals surface area contributed by atoms with Crippen molar-refractivity contribution in [3.8, 4) is 5.75 Å². The molecule has 4 aromatic rings. The number of hydrogen-bond donors (Lipinski definition) is 3. The number of nitrogens with zero attached hydrogens (tertiary/aromatic N) is 4. The number of fused-ring (bicyclic) bond motifs is 1. The molecule has 7 nitrogen and oxygen atoms in total. The highest BCUT2D eigenvalue weighted by molar-refractivity contribution is 5.59. The van der Waals surface area contributed by atoms with E-state index in [1.807, 2.05) is 42.2 Å². The van der Waals surface area contributed by atoms with Crippen molar-refractivity contribution in [2.24, 2.45) is 0 Å². The zero-order valence-electron chi connectivity index (χ0n) is 22.8. The molecule has 1 atom stereocenters. The molecular formula is C31H40N6O. The van der Waals surface area contributed by atoms with Gasteiger partial charge in [0.2, 0.25) is 0 Å². The van der Waals surface area contributed by atoms with E-state index in [0.29, 0.717) is 12.5 Å². The summed E-state index contributed by atoms with van der Waals surface area (Å²) >= 11 is 0. The second kappa shape index (κ2) is 14.6. The van der Waals surface area contributed by atoms with Crippen LogP contribution in [0.3, 0.4) is 0 Å². The average Bonchev–Trinajstić information content (AvgIpc) is 3.32. The molecule has 3 N–H and O–H groups in total. The maximum absolute atomic E-state index is 9.17. The van der Waals surface area contributed by atoms with Crippen LogP contribution in [0.2, 0.25) is 0 Å². The molecule has 38 heavy (non-hydrogen) atoms. The number of anilines is 2. The lowest BCUT2D eigenvalue weighted by molar-refractivity contribution is 0.475. The van der Waals surface area contributed by atoms with Gasteiger partial charge in [-0.1, -0.05) is 38.1 Å². The molecule has 3 heterocycles. The van der Waals surface area contributed by atoms with Gasteiger partial charge in [-0.15, -0.1) is 6.58 Å². The summed E-state index contributed by atoms with van der Waals surface area (Å²) in [5.74, 6) is 1.71. The van der Waals surface area contributed by atoms with Crippen LogP contribution in [0, 0.1) is 6.92 Å². The number of pyridine rings is 1. The fourth-order valence-electron chi connectivity index (χ4n) is 4.32. The average molecular weight is 513 g/mol. The fourth-order valence-corrected chi connectivity index (χ4v) is 4.32. The van der Waals surface area contributed by atoms with Gasteiger partial charge in [-0.05, 0) is 61.9 Å². The highest BCUT2D eigenvalue weighted by Crippen LogP contribution is 2.29. The van der Waals surface area contributed by atoms with E-state index in [1.54, 1.807) is 24.4 Å². The minimum Gasteiger partial charge on any atom is -0.508 e. The first-order chi connectivity index (χ1) is 18.5. The van der Waals surface area contributed by atoms with Gasteiger partial charge >= 0.3 is 0 Å². The summed E-state index contributed by atoms with van der Waals surface area (Å²) in [7, 11) is 1.81. The molecular weight excluding hydrogens is 472 g/mol. The summed E-state index contributed by atoms with van der Waals surface area (Å²) < 4.78 is 1.90. The smallest absolute Gasteiger partial charge is 0.160 e. The molecule has 0 fully saturated rings. The van der Waals surface area contributed by atoms with E-state index in [2.05, 4.69) is 59.9 Å². The molecule has 0 bridgehead atoms. The number of phenolic OH excluding ortho intramolecular Hbond substituents is 1. The van der Waals surface area contributed by atoms with Crippen molar-refractivity contribution >= 4 is 23.2 Å². The van der Waals surface area contributed by atoms with Gasteiger partial charge in [-0.25, -0.2) is 4.98 Å². The lowest BCUT2D eigenvalue weighted by atomic mass is 9.93. The van der Waals surface area contributed by atoms with Crippen LogP contribution in [-0.4, -0.2) is 31.7 Å². The number of allylic oxidation sites excluding steroid dienone is 1. The summed E-state index contributed by atoms with van der Waals surface area (Å²) in [6.07, 6.45) is 14.9. The predicted molar refractivity (Wildman–Crippen MR) is 159 cm³/mol. The number of nitrogens with one attached hydrogen (secondary N) is 2. The van der Waals surface area contributed by atoms with E-state index in [9.17, 15) is 0 Å². The number of hydrogen-bond acceptors (Lipinski definition) is 6. The second-order valence-corrected chi connectivity index (χ2v) is 9.32. The fraction of sp³-hybridized carbons (Fsp3) is 0.323. The van der Waals surface area contributed by atoms with Crippen LogP contribution >= 0.6 is 0 Å². The van der Waals surface area contributed by atoms with Crippen molar-refractivity contribution in [1.82, 2.24) is 19.6 Å². The van der Waals surface area contributed by atoms with E-state index in [4.69, 9.17) is 10.1 Å². The van der Waals surface area contributed by atoms with Crippen molar-refractivity contribution in [2.75, 3.05) is 17.7 Å². The Morgan fingerprint density at radius 2 is 1.97 bits per heavy atom. The predicted octanol–water partition coefficient (Wildman–Crippen LogP) is 7.36. The highest BCUT2D eigenvalue weighted by atomic mass is 16.3. The Morgan fingerprint density at radius 1 is 1.13 bits per heavy atom. The molecule has 1 aromatic carbocycles. The van der Waals surface area contributed by atoms with Crippen LogP contribution in [0.4, 0.5) is 11.5 Å². The summed E-state index contributed by atoms with van der Waals surface area (Å²) in [5, 5.41) is 20.1. The molecule has 0 aliphatic carbocycles. The number of rotatable bonds is 12. The molecule has 0 radical (unpaired) electrons. The van der Waals surface area contributed by atoms with E-state index in [1.165, 1.54) is 0 Å². The molecule has 0 saturated heterocycles. The Kier molecular flexibility index (Phi) is 10.9. The summed E-state index contributed by atoms with van der Waals surface area (Å²) in [6.45, 7) is 12.5. The quantitative estimate of drug-likeness (QED) is 0.136. The lowest BCUT2D eigenvalue weighted by Crippen LogP contribution is -2.10. The highest BCUT2D eigenvalue weighted by Gasteiger charge is 2.16. The number of aromatic hydroxyl groups is 1. The molecule has 200 valence electrons. The third kappa shape index (κ3) is 7.93. The van der Waals surface area contributed by atoms with Crippen LogP contribution in [0.15, 0.2) is 74.2 Å². The summed E-state index contributed by atoms with van der Waals surface area (Å²) in [5.41, 5.74) is 6.14. The SMILES string of the molecule is C=CCCCC(CCC)c1cc(NCc2cccnc2)n2ncc(C)c2n1.C=Cc1cc(O)cc(NC)c1. The first kappa shape index (κ1) is 28.4. The van der Waals surface area contributed by atoms with Gasteiger partial charge in [0.05, 0.1) is 6.20 Å². The van der Waals surface area contributed by atoms with E-state index >= 15 is 0 Å². The minimum atomic E-state index is 0.256. The van der Waals surface area contributed by atoms with E-state index in [0.717, 1.165) is 71.6 Å². The van der Waals surface area contributed by atoms with Gasteiger partial charge in [0.15, 0.2) is 5.65 Å². The normalized spacial score (nSPS) is 11.3. The standard InChI is InChI=1S/C22H29N5.C9H11NO/c1-4-6-7-11-19(9-5-2)20-13-21(24-16-18-10-8-12-23-15-18)27-22(26-20)17(3)14-25-27;1-3-7-4-8(10-2)6-9(11)5-7/h4,8,10,12-15,19,24H,1,5-7,9,11,16H2,2-3H3;3-6,10-11H,1H2,2H3. The van der Waals surface area contributed by atoms with Crippen molar-refractivity contribution in [2.45, 2.75) is 58.4 Å². The number of aromatic nitrogens is 4.